The molecule has 0 spiro atoms. The topological polar surface area (TPSA) is 79.0 Å². The molecule has 0 unspecified atom stereocenters. The first-order valence-corrected chi connectivity index (χ1v) is 6.16. The fraction of sp³-hybridized carbons (Fsp3) is 0.273. The van der Waals surface area contributed by atoms with Crippen molar-refractivity contribution in [3.8, 4) is 0 Å². The predicted octanol–water partition coefficient (Wildman–Crippen LogP) is 0.574. The molecule has 0 bridgehead atoms. The maximum Gasteiger partial charge on any atom is 0.363 e. The summed E-state index contributed by atoms with van der Waals surface area (Å²) >= 11 is 3.36. The summed E-state index contributed by atoms with van der Waals surface area (Å²) in [6, 6.07) is 5.13. The van der Waals surface area contributed by atoms with Crippen LogP contribution in [0.5, 0.6) is 0 Å². The number of hydrogen-bond donors (Lipinski definition) is 0. The second kappa shape index (κ2) is 5.35. The van der Waals surface area contributed by atoms with E-state index in [2.05, 4.69) is 26.4 Å². The second-order valence-corrected chi connectivity index (χ2v) is 4.65. The third kappa shape index (κ3) is 2.58. The quantitative estimate of drug-likeness (QED) is 0.771. The summed E-state index contributed by atoms with van der Waals surface area (Å²) < 4.78 is 7.71. The lowest BCUT2D eigenvalue weighted by molar-refractivity contribution is 0.0599. The van der Waals surface area contributed by atoms with E-state index in [0.717, 1.165) is 4.68 Å². The van der Waals surface area contributed by atoms with Crippen LogP contribution in [0.2, 0.25) is 0 Å². The van der Waals surface area contributed by atoms with E-state index in [9.17, 15) is 9.59 Å². The highest BCUT2D eigenvalue weighted by molar-refractivity contribution is 9.10. The minimum atomic E-state index is -0.465. The largest absolute Gasteiger partial charge is 0.465 e. The van der Waals surface area contributed by atoms with Crippen LogP contribution >= 0.6 is 15.9 Å². The van der Waals surface area contributed by atoms with Crippen molar-refractivity contribution >= 4 is 21.9 Å². The number of tetrazole rings is 1. The first kappa shape index (κ1) is 13.5. The second-order valence-electron chi connectivity index (χ2n) is 3.80. The Kier molecular flexibility index (Phi) is 3.79. The fourth-order valence-corrected chi connectivity index (χ4v) is 2.11. The van der Waals surface area contributed by atoms with E-state index in [4.69, 9.17) is 4.74 Å². The number of benzene rings is 1. The Morgan fingerprint density at radius 3 is 2.74 bits per heavy atom. The van der Waals surface area contributed by atoms with E-state index in [1.165, 1.54) is 18.8 Å². The molecule has 0 radical (unpaired) electrons. The Morgan fingerprint density at radius 2 is 2.16 bits per heavy atom. The van der Waals surface area contributed by atoms with Gasteiger partial charge in [-0.15, -0.1) is 0 Å². The van der Waals surface area contributed by atoms with Gasteiger partial charge in [0.2, 0.25) is 0 Å². The number of methoxy groups -OCH3 is 1. The summed E-state index contributed by atoms with van der Waals surface area (Å²) in [4.78, 5) is 23.4. The van der Waals surface area contributed by atoms with Crippen LogP contribution in [0, 0.1) is 0 Å². The fourth-order valence-electron chi connectivity index (χ4n) is 1.62. The van der Waals surface area contributed by atoms with Gasteiger partial charge in [0, 0.05) is 17.1 Å². The maximum atomic E-state index is 11.7. The van der Waals surface area contributed by atoms with Gasteiger partial charge >= 0.3 is 11.7 Å². The molecule has 8 heteroatoms. The minimum Gasteiger partial charge on any atom is -0.465 e. The average Bonchev–Trinajstić information content (AvgIpc) is 2.72. The molecule has 0 saturated heterocycles. The molecule has 0 aliphatic heterocycles. The molecule has 0 fully saturated rings. The van der Waals surface area contributed by atoms with Gasteiger partial charge in [0.15, 0.2) is 0 Å². The van der Waals surface area contributed by atoms with Gasteiger partial charge in [-0.25, -0.2) is 9.59 Å². The highest BCUT2D eigenvalue weighted by Gasteiger charge is 2.16. The van der Waals surface area contributed by atoms with Crippen molar-refractivity contribution in [2.24, 2.45) is 7.05 Å². The molecule has 1 aromatic heterocycles. The number of aryl methyl sites for hydroxylation is 1. The van der Waals surface area contributed by atoms with Gasteiger partial charge in [0.1, 0.15) is 0 Å². The van der Waals surface area contributed by atoms with Crippen molar-refractivity contribution in [1.29, 1.82) is 0 Å². The third-order valence-corrected chi connectivity index (χ3v) is 3.35. The van der Waals surface area contributed by atoms with Crippen LogP contribution in [0.25, 0.3) is 0 Å². The highest BCUT2D eigenvalue weighted by Crippen LogP contribution is 2.21. The maximum absolute atomic E-state index is 11.7. The molecule has 0 aliphatic rings. The van der Waals surface area contributed by atoms with E-state index in [1.807, 2.05) is 0 Å². The number of carbonyl (C=O) groups excluding carboxylic acids is 1. The molecule has 0 amide bonds. The molecular formula is C11H11BrN4O3. The van der Waals surface area contributed by atoms with Gasteiger partial charge in [0.05, 0.1) is 19.2 Å². The van der Waals surface area contributed by atoms with E-state index in [-0.39, 0.29) is 12.2 Å². The van der Waals surface area contributed by atoms with Crippen LogP contribution in [-0.2, 0) is 18.3 Å². The Morgan fingerprint density at radius 1 is 1.42 bits per heavy atom. The molecule has 2 rings (SSSR count). The Hall–Kier alpha value is -1.96. The first-order valence-electron chi connectivity index (χ1n) is 5.37. The van der Waals surface area contributed by atoms with Gasteiger partial charge in [-0.1, -0.05) is 22.0 Å². The molecule has 0 aliphatic carbocycles. The number of hydrogen-bond acceptors (Lipinski definition) is 5. The summed E-state index contributed by atoms with van der Waals surface area (Å²) in [5.41, 5.74) is 0.651. The predicted molar refractivity (Wildman–Crippen MR) is 69.8 cm³/mol. The van der Waals surface area contributed by atoms with Crippen molar-refractivity contribution in [2.75, 3.05) is 7.11 Å². The van der Waals surface area contributed by atoms with Crippen LogP contribution in [0.1, 0.15) is 15.9 Å². The van der Waals surface area contributed by atoms with E-state index >= 15 is 0 Å². The van der Waals surface area contributed by atoms with Crippen molar-refractivity contribution < 1.29 is 9.53 Å². The third-order valence-electron chi connectivity index (χ3n) is 2.61. The molecule has 0 atom stereocenters. The number of esters is 1. The zero-order chi connectivity index (χ0) is 14.0. The van der Waals surface area contributed by atoms with E-state index < -0.39 is 5.97 Å². The van der Waals surface area contributed by atoms with Gasteiger partial charge in [-0.2, -0.15) is 9.36 Å². The molecule has 7 nitrogen and oxygen atoms in total. The summed E-state index contributed by atoms with van der Waals surface area (Å²) in [6.07, 6.45) is 0. The highest BCUT2D eigenvalue weighted by atomic mass is 79.9. The Balaban J connectivity index is 2.47. The smallest absolute Gasteiger partial charge is 0.363 e. The summed E-state index contributed by atoms with van der Waals surface area (Å²) in [6.45, 7) is 0.137. The molecule has 19 heavy (non-hydrogen) atoms. The molecular weight excluding hydrogens is 316 g/mol. The molecule has 1 aromatic carbocycles. The van der Waals surface area contributed by atoms with Gasteiger partial charge in [-0.05, 0) is 22.6 Å². The minimum absolute atomic E-state index is 0.137. The van der Waals surface area contributed by atoms with E-state index in [0.29, 0.717) is 15.6 Å². The molecule has 0 N–H and O–H groups in total. The summed E-state index contributed by atoms with van der Waals surface area (Å²) in [5, 5.41) is 7.34. The Bertz CT molecular complexity index is 677. The standard InChI is InChI=1S/C11H11BrN4O3/c1-15-11(18)16(14-13-15)6-8-7(10(17)19-2)4-3-5-9(8)12/h3-5H,6H2,1-2H3. The van der Waals surface area contributed by atoms with Crippen LogP contribution in [0.3, 0.4) is 0 Å². The lowest BCUT2D eigenvalue weighted by atomic mass is 10.1. The van der Waals surface area contributed by atoms with E-state index in [1.54, 1.807) is 18.2 Å². The van der Waals surface area contributed by atoms with Crippen LogP contribution in [0.4, 0.5) is 0 Å². The molecule has 2 aromatic rings. The molecule has 0 saturated carbocycles. The number of aromatic nitrogens is 4. The molecule has 100 valence electrons. The normalized spacial score (nSPS) is 10.5. The number of carbonyl (C=O) groups is 1. The summed E-state index contributed by atoms with van der Waals surface area (Å²) in [7, 11) is 2.81. The van der Waals surface area contributed by atoms with Crippen LogP contribution in [-0.4, -0.2) is 32.9 Å². The average molecular weight is 327 g/mol. The Labute approximate surface area is 116 Å². The molecule has 1 heterocycles. The SMILES string of the molecule is COC(=O)c1cccc(Br)c1Cn1nnn(C)c1=O. The monoisotopic (exact) mass is 326 g/mol. The van der Waals surface area contributed by atoms with Crippen molar-refractivity contribution in [3.63, 3.8) is 0 Å². The summed E-state index contributed by atoms with van der Waals surface area (Å²) in [5.74, 6) is -0.465. The number of rotatable bonds is 3. The van der Waals surface area contributed by atoms with Crippen molar-refractivity contribution in [1.82, 2.24) is 19.8 Å². The van der Waals surface area contributed by atoms with Crippen LogP contribution in [0.15, 0.2) is 27.5 Å². The van der Waals surface area contributed by atoms with Crippen molar-refractivity contribution in [3.05, 3.63) is 44.3 Å². The lowest BCUT2D eigenvalue weighted by Gasteiger charge is -2.09. The number of ether oxygens (including phenoxy) is 1. The van der Waals surface area contributed by atoms with Gasteiger partial charge in [0.25, 0.3) is 0 Å². The zero-order valence-corrected chi connectivity index (χ0v) is 11.9. The van der Waals surface area contributed by atoms with Crippen molar-refractivity contribution in [2.45, 2.75) is 6.54 Å². The van der Waals surface area contributed by atoms with Gasteiger partial charge in [-0.3, -0.25) is 0 Å². The lowest BCUT2D eigenvalue weighted by Crippen LogP contribution is -2.24. The number of nitrogens with zero attached hydrogens (tertiary/aromatic N) is 4. The first-order chi connectivity index (χ1) is 9.04. The van der Waals surface area contributed by atoms with Crippen LogP contribution < -0.4 is 5.69 Å². The zero-order valence-electron chi connectivity index (χ0n) is 10.3. The van der Waals surface area contributed by atoms with Gasteiger partial charge < -0.3 is 4.74 Å². The number of halogens is 1.